The normalized spacial score (nSPS) is 17.4. The summed E-state index contributed by atoms with van der Waals surface area (Å²) in [6.45, 7) is 7.52. The summed E-state index contributed by atoms with van der Waals surface area (Å²) >= 11 is 0. The first kappa shape index (κ1) is 25.9. The Morgan fingerprint density at radius 3 is 2.24 bits per heavy atom. The van der Waals surface area contributed by atoms with E-state index in [1.54, 1.807) is 0 Å². The molecule has 0 radical (unpaired) electrons. The number of benzene rings is 3. The van der Waals surface area contributed by atoms with Gasteiger partial charge in [-0.1, -0.05) is 66.2 Å². The highest BCUT2D eigenvalue weighted by Gasteiger charge is 2.37. The van der Waals surface area contributed by atoms with Crippen molar-refractivity contribution in [2.24, 2.45) is 0 Å². The number of nitrogens with one attached hydrogen (secondary N) is 3. The SMILES string of the molecule is Cc1ccc(NC(=O)N[C@@H]2C[C@H](c3ccccc3)c3ccccc3N(CC(=O)NC(C)(C)C)C2=O)cc1. The Labute approximate surface area is 218 Å². The van der Waals surface area contributed by atoms with Crippen LogP contribution in [0.15, 0.2) is 78.9 Å². The van der Waals surface area contributed by atoms with Crippen molar-refractivity contribution in [3.05, 3.63) is 95.6 Å². The number of carbonyl (C=O) groups excluding carboxylic acids is 3. The highest BCUT2D eigenvalue weighted by Crippen LogP contribution is 2.39. The topological polar surface area (TPSA) is 90.5 Å². The third-order valence-corrected chi connectivity index (χ3v) is 6.27. The van der Waals surface area contributed by atoms with Crippen LogP contribution in [0.4, 0.5) is 16.2 Å². The van der Waals surface area contributed by atoms with Crippen molar-refractivity contribution in [2.45, 2.75) is 51.6 Å². The van der Waals surface area contributed by atoms with E-state index >= 15 is 0 Å². The maximum Gasteiger partial charge on any atom is 0.319 e. The van der Waals surface area contributed by atoms with Crippen LogP contribution in [0.1, 0.15) is 49.8 Å². The van der Waals surface area contributed by atoms with Gasteiger partial charge in [0.15, 0.2) is 0 Å². The first-order valence-corrected chi connectivity index (χ1v) is 12.5. The monoisotopic (exact) mass is 498 g/mol. The van der Waals surface area contributed by atoms with Crippen LogP contribution >= 0.6 is 0 Å². The van der Waals surface area contributed by atoms with E-state index in [1.165, 1.54) is 4.90 Å². The fourth-order valence-electron chi connectivity index (χ4n) is 4.65. The molecule has 3 N–H and O–H groups in total. The van der Waals surface area contributed by atoms with Gasteiger partial charge in [-0.2, -0.15) is 0 Å². The summed E-state index contributed by atoms with van der Waals surface area (Å²) in [6, 6.07) is 23.7. The summed E-state index contributed by atoms with van der Waals surface area (Å²) in [6.07, 6.45) is 0.360. The van der Waals surface area contributed by atoms with Gasteiger partial charge in [-0.25, -0.2) is 4.79 Å². The average molecular weight is 499 g/mol. The highest BCUT2D eigenvalue weighted by atomic mass is 16.2. The number of urea groups is 1. The molecule has 0 saturated carbocycles. The van der Waals surface area contributed by atoms with E-state index in [-0.39, 0.29) is 24.3 Å². The Kier molecular flexibility index (Phi) is 7.62. The summed E-state index contributed by atoms with van der Waals surface area (Å²) in [5.41, 5.74) is 3.92. The highest BCUT2D eigenvalue weighted by molar-refractivity contribution is 6.05. The predicted octanol–water partition coefficient (Wildman–Crippen LogP) is 4.97. The first-order valence-electron chi connectivity index (χ1n) is 12.5. The molecule has 4 amide bonds. The number of anilines is 2. The van der Waals surface area contributed by atoms with Crippen molar-refractivity contribution < 1.29 is 14.4 Å². The largest absolute Gasteiger partial charge is 0.350 e. The van der Waals surface area contributed by atoms with Gasteiger partial charge in [0.25, 0.3) is 0 Å². The molecule has 0 fully saturated rings. The molecule has 2 atom stereocenters. The second-order valence-electron chi connectivity index (χ2n) is 10.5. The van der Waals surface area contributed by atoms with Crippen LogP contribution < -0.4 is 20.9 Å². The van der Waals surface area contributed by atoms with E-state index in [1.807, 2.05) is 107 Å². The lowest BCUT2D eigenvalue weighted by Crippen LogP contribution is -2.53. The summed E-state index contributed by atoms with van der Waals surface area (Å²) < 4.78 is 0. The minimum atomic E-state index is -0.842. The smallest absolute Gasteiger partial charge is 0.319 e. The molecule has 3 aromatic rings. The molecule has 192 valence electrons. The number of fused-ring (bicyclic) bond motifs is 1. The number of para-hydroxylation sites is 1. The van der Waals surface area contributed by atoms with Crippen LogP contribution in [-0.2, 0) is 9.59 Å². The van der Waals surface area contributed by atoms with Gasteiger partial charge < -0.3 is 20.9 Å². The van der Waals surface area contributed by atoms with Crippen LogP contribution in [-0.4, -0.2) is 36.0 Å². The lowest BCUT2D eigenvalue weighted by molar-refractivity contribution is -0.125. The molecule has 1 aliphatic heterocycles. The maximum absolute atomic E-state index is 13.9. The van der Waals surface area contributed by atoms with E-state index in [4.69, 9.17) is 0 Å². The van der Waals surface area contributed by atoms with Gasteiger partial charge in [-0.3, -0.25) is 9.59 Å². The third-order valence-electron chi connectivity index (χ3n) is 6.27. The van der Waals surface area contributed by atoms with Crippen LogP contribution in [0.25, 0.3) is 0 Å². The molecule has 0 aromatic heterocycles. The number of aryl methyl sites for hydroxylation is 1. The van der Waals surface area contributed by atoms with Gasteiger partial charge in [0.1, 0.15) is 12.6 Å². The molecule has 7 nitrogen and oxygen atoms in total. The molecule has 0 aliphatic carbocycles. The Morgan fingerprint density at radius 2 is 1.57 bits per heavy atom. The lowest BCUT2D eigenvalue weighted by Gasteiger charge is -2.28. The summed E-state index contributed by atoms with van der Waals surface area (Å²) in [4.78, 5) is 41.3. The lowest BCUT2D eigenvalue weighted by atomic mass is 9.86. The van der Waals surface area contributed by atoms with Crippen molar-refractivity contribution in [3.63, 3.8) is 0 Å². The van der Waals surface area contributed by atoms with E-state index in [0.717, 1.165) is 16.7 Å². The quantitative estimate of drug-likeness (QED) is 0.464. The first-order chi connectivity index (χ1) is 17.6. The van der Waals surface area contributed by atoms with Crippen LogP contribution in [0, 0.1) is 6.92 Å². The molecule has 0 saturated heterocycles. The van der Waals surface area contributed by atoms with Crippen LogP contribution in [0.3, 0.4) is 0 Å². The van der Waals surface area contributed by atoms with Gasteiger partial charge >= 0.3 is 6.03 Å². The number of nitrogens with zero attached hydrogens (tertiary/aromatic N) is 1. The number of carbonyl (C=O) groups is 3. The summed E-state index contributed by atoms with van der Waals surface area (Å²) in [5.74, 6) is -0.743. The standard InChI is InChI=1S/C30H34N4O3/c1-20-14-16-22(17-15-20)31-29(37)32-25-18-24(21-10-6-5-7-11-21)23-12-8-9-13-26(23)34(28(25)36)19-27(35)33-30(2,3)4/h5-17,24-25H,18-19H2,1-4H3,(H,33,35)(H2,31,32,37)/t24-,25-/m1/s1. The number of amides is 4. The van der Waals surface area contributed by atoms with Gasteiger partial charge in [0, 0.05) is 22.8 Å². The van der Waals surface area contributed by atoms with Crippen molar-refractivity contribution in [1.29, 1.82) is 0 Å². The fourth-order valence-corrected chi connectivity index (χ4v) is 4.65. The van der Waals surface area contributed by atoms with Gasteiger partial charge in [0.2, 0.25) is 11.8 Å². The molecular weight excluding hydrogens is 464 g/mol. The minimum absolute atomic E-state index is 0.146. The van der Waals surface area contributed by atoms with Crippen LogP contribution in [0.2, 0.25) is 0 Å². The average Bonchev–Trinajstić information content (AvgIpc) is 2.95. The predicted molar refractivity (Wildman–Crippen MR) is 147 cm³/mol. The molecule has 4 rings (SSSR count). The zero-order chi connectivity index (χ0) is 26.6. The Hall–Kier alpha value is -4.13. The van der Waals surface area contributed by atoms with Crippen molar-refractivity contribution >= 4 is 29.2 Å². The van der Waals surface area contributed by atoms with E-state index in [2.05, 4.69) is 16.0 Å². The second kappa shape index (κ2) is 10.9. The maximum atomic E-state index is 13.9. The van der Waals surface area contributed by atoms with Crippen molar-refractivity contribution in [1.82, 2.24) is 10.6 Å². The number of hydrogen-bond acceptors (Lipinski definition) is 3. The molecule has 3 aromatic carbocycles. The van der Waals surface area contributed by atoms with E-state index in [9.17, 15) is 14.4 Å². The number of hydrogen-bond donors (Lipinski definition) is 3. The van der Waals surface area contributed by atoms with Gasteiger partial charge in [-0.05, 0) is 63.4 Å². The number of rotatable bonds is 5. The van der Waals surface area contributed by atoms with Crippen molar-refractivity contribution in [3.8, 4) is 0 Å². The Bertz CT molecular complexity index is 1270. The Balaban J connectivity index is 1.68. The molecule has 7 heteroatoms. The molecule has 0 unspecified atom stereocenters. The molecule has 37 heavy (non-hydrogen) atoms. The molecule has 1 aliphatic rings. The van der Waals surface area contributed by atoms with E-state index in [0.29, 0.717) is 17.8 Å². The summed E-state index contributed by atoms with van der Waals surface area (Å²) in [7, 11) is 0. The fraction of sp³-hybridized carbons (Fsp3) is 0.300. The zero-order valence-corrected chi connectivity index (χ0v) is 21.7. The van der Waals surface area contributed by atoms with Gasteiger partial charge in [0.05, 0.1) is 0 Å². The van der Waals surface area contributed by atoms with Gasteiger partial charge in [-0.15, -0.1) is 0 Å². The minimum Gasteiger partial charge on any atom is -0.350 e. The zero-order valence-electron chi connectivity index (χ0n) is 21.7. The molecular formula is C30H34N4O3. The summed E-state index contributed by atoms with van der Waals surface area (Å²) in [5, 5.41) is 8.65. The van der Waals surface area contributed by atoms with Crippen molar-refractivity contribution in [2.75, 3.05) is 16.8 Å². The molecule has 0 spiro atoms. The second-order valence-corrected chi connectivity index (χ2v) is 10.5. The third kappa shape index (κ3) is 6.55. The molecule has 0 bridgehead atoms. The van der Waals surface area contributed by atoms with E-state index < -0.39 is 17.6 Å². The van der Waals surface area contributed by atoms with Crippen LogP contribution in [0.5, 0.6) is 0 Å². The molecule has 1 heterocycles. The Morgan fingerprint density at radius 1 is 0.919 bits per heavy atom.